The van der Waals surface area contributed by atoms with Gasteiger partial charge in [-0.05, 0) is 12.2 Å². The Morgan fingerprint density at radius 2 is 2.33 bits per heavy atom. The molecule has 0 fully saturated rings. The second kappa shape index (κ2) is 4.06. The molecule has 0 spiro atoms. The number of hydrogen-bond acceptors (Lipinski definition) is 5. The van der Waals surface area contributed by atoms with Crippen LogP contribution in [0.3, 0.4) is 0 Å². The number of nitrogens with zero attached hydrogens (tertiary/aromatic N) is 2. The molecule has 0 radical (unpaired) electrons. The van der Waals surface area contributed by atoms with Crippen LogP contribution in [0.25, 0.3) is 0 Å². The van der Waals surface area contributed by atoms with Crippen LogP contribution >= 0.6 is 11.8 Å². The minimum atomic E-state index is -1.12. The van der Waals surface area contributed by atoms with Gasteiger partial charge in [0.15, 0.2) is 0 Å². The lowest BCUT2D eigenvalue weighted by atomic mass is 10.1. The summed E-state index contributed by atoms with van der Waals surface area (Å²) in [6.07, 6.45) is 0.836. The topological polar surface area (TPSA) is 72.3 Å². The van der Waals surface area contributed by atoms with Crippen molar-refractivity contribution in [3.63, 3.8) is 0 Å². The first-order chi connectivity index (χ1) is 7.22. The Balaban J connectivity index is 2.52. The third-order valence-corrected chi connectivity index (χ3v) is 3.14. The Morgan fingerprint density at radius 3 is 3.00 bits per heavy atom. The molecule has 2 rings (SSSR count). The monoisotopic (exact) mass is 226 g/mol. The predicted molar refractivity (Wildman–Crippen MR) is 55.4 cm³/mol. The van der Waals surface area contributed by atoms with Crippen molar-refractivity contribution in [1.29, 1.82) is 0 Å². The minimum Gasteiger partial charge on any atom is -0.481 e. The maximum absolute atomic E-state index is 10.8. The zero-order chi connectivity index (χ0) is 10.8. The van der Waals surface area contributed by atoms with Gasteiger partial charge in [0.05, 0.1) is 12.8 Å². The Kier molecular flexibility index (Phi) is 2.77. The van der Waals surface area contributed by atoms with Gasteiger partial charge in [-0.3, -0.25) is 0 Å². The molecule has 1 aromatic heterocycles. The maximum Gasteiger partial charge on any atom is 0.374 e. The lowest BCUT2D eigenvalue weighted by Crippen LogP contribution is -2.14. The average molecular weight is 226 g/mol. The second-order valence-corrected chi connectivity index (χ2v) is 4.19. The molecule has 1 aliphatic heterocycles. The van der Waals surface area contributed by atoms with Crippen LogP contribution in [0.5, 0.6) is 5.88 Å². The lowest BCUT2D eigenvalue weighted by Gasteiger charge is -2.16. The van der Waals surface area contributed by atoms with E-state index in [0.29, 0.717) is 5.88 Å². The van der Waals surface area contributed by atoms with E-state index in [1.165, 1.54) is 7.11 Å². The van der Waals surface area contributed by atoms with E-state index in [1.54, 1.807) is 11.8 Å². The molecule has 1 aromatic rings. The fourth-order valence-electron chi connectivity index (χ4n) is 1.49. The summed E-state index contributed by atoms with van der Waals surface area (Å²) >= 11 is 1.74. The number of rotatable bonds is 2. The van der Waals surface area contributed by atoms with Crippen LogP contribution in [0.15, 0.2) is 0 Å². The van der Waals surface area contributed by atoms with Crippen molar-refractivity contribution < 1.29 is 14.6 Å². The maximum atomic E-state index is 10.8. The van der Waals surface area contributed by atoms with Gasteiger partial charge in [-0.1, -0.05) is 0 Å². The van der Waals surface area contributed by atoms with Crippen molar-refractivity contribution in [3.8, 4) is 5.88 Å². The SMILES string of the molecule is COc1nc(C(=O)O)nc2c1CCSC2. The molecule has 0 unspecified atom stereocenters. The van der Waals surface area contributed by atoms with E-state index in [2.05, 4.69) is 9.97 Å². The number of carbonyl (C=O) groups is 1. The third-order valence-electron chi connectivity index (χ3n) is 2.17. The van der Waals surface area contributed by atoms with E-state index in [4.69, 9.17) is 9.84 Å². The molecule has 6 heteroatoms. The van der Waals surface area contributed by atoms with Crippen LogP contribution in [0, 0.1) is 0 Å². The van der Waals surface area contributed by atoms with Gasteiger partial charge in [0.25, 0.3) is 0 Å². The first kappa shape index (κ1) is 10.2. The summed E-state index contributed by atoms with van der Waals surface area (Å²) in [6.45, 7) is 0. The van der Waals surface area contributed by atoms with E-state index in [9.17, 15) is 4.79 Å². The summed E-state index contributed by atoms with van der Waals surface area (Å²) in [6, 6.07) is 0. The number of hydrogen-bond donors (Lipinski definition) is 1. The minimum absolute atomic E-state index is 0.187. The highest BCUT2D eigenvalue weighted by Gasteiger charge is 2.20. The van der Waals surface area contributed by atoms with Crippen LogP contribution in [-0.2, 0) is 12.2 Å². The number of carboxylic acid groups (broad SMARTS) is 1. The van der Waals surface area contributed by atoms with Crippen LogP contribution in [0.2, 0.25) is 0 Å². The number of thioether (sulfide) groups is 1. The average Bonchev–Trinajstić information content (AvgIpc) is 2.27. The summed E-state index contributed by atoms with van der Waals surface area (Å²) < 4.78 is 5.08. The lowest BCUT2D eigenvalue weighted by molar-refractivity contribution is 0.0682. The summed E-state index contributed by atoms with van der Waals surface area (Å²) in [5.74, 6) is 0.825. The van der Waals surface area contributed by atoms with E-state index >= 15 is 0 Å². The number of carboxylic acids is 1. The summed E-state index contributed by atoms with van der Waals surface area (Å²) in [7, 11) is 1.50. The van der Waals surface area contributed by atoms with E-state index in [1.807, 2.05) is 0 Å². The Hall–Kier alpha value is -1.30. The van der Waals surface area contributed by atoms with E-state index in [-0.39, 0.29) is 5.82 Å². The normalized spacial score (nSPS) is 14.5. The molecular weight excluding hydrogens is 216 g/mol. The molecule has 0 saturated carbocycles. The molecule has 1 N–H and O–H groups in total. The quantitative estimate of drug-likeness (QED) is 0.810. The Bertz CT molecular complexity index is 391. The third kappa shape index (κ3) is 1.90. The summed E-state index contributed by atoms with van der Waals surface area (Å²) in [4.78, 5) is 18.6. The first-order valence-corrected chi connectivity index (χ1v) is 5.62. The zero-order valence-electron chi connectivity index (χ0n) is 8.19. The molecule has 0 aromatic carbocycles. The van der Waals surface area contributed by atoms with Gasteiger partial charge >= 0.3 is 5.97 Å². The van der Waals surface area contributed by atoms with Crippen molar-refractivity contribution in [2.45, 2.75) is 12.2 Å². The number of aromatic nitrogens is 2. The van der Waals surface area contributed by atoms with Crippen molar-refractivity contribution >= 4 is 17.7 Å². The van der Waals surface area contributed by atoms with Crippen molar-refractivity contribution in [1.82, 2.24) is 9.97 Å². The second-order valence-electron chi connectivity index (χ2n) is 3.09. The van der Waals surface area contributed by atoms with Gasteiger partial charge in [-0.15, -0.1) is 0 Å². The molecule has 5 nitrogen and oxygen atoms in total. The molecule has 0 saturated heterocycles. The molecule has 80 valence electrons. The fourth-order valence-corrected chi connectivity index (χ4v) is 2.41. The number of methoxy groups -OCH3 is 1. The number of fused-ring (bicyclic) bond motifs is 1. The molecule has 0 bridgehead atoms. The summed E-state index contributed by atoms with van der Waals surface area (Å²) in [5.41, 5.74) is 1.73. The van der Waals surface area contributed by atoms with Gasteiger partial charge in [-0.2, -0.15) is 16.7 Å². The van der Waals surface area contributed by atoms with Crippen LogP contribution in [-0.4, -0.2) is 33.9 Å². The van der Waals surface area contributed by atoms with Gasteiger partial charge < -0.3 is 9.84 Å². The van der Waals surface area contributed by atoms with Crippen molar-refractivity contribution in [2.75, 3.05) is 12.9 Å². The van der Waals surface area contributed by atoms with Crippen LogP contribution in [0.4, 0.5) is 0 Å². The van der Waals surface area contributed by atoms with Crippen LogP contribution < -0.4 is 4.74 Å². The van der Waals surface area contributed by atoms with E-state index < -0.39 is 5.97 Å². The zero-order valence-corrected chi connectivity index (χ0v) is 9.00. The fraction of sp³-hybridized carbons (Fsp3) is 0.444. The Labute approximate surface area is 90.9 Å². The highest BCUT2D eigenvalue weighted by molar-refractivity contribution is 7.98. The molecule has 0 atom stereocenters. The highest BCUT2D eigenvalue weighted by Crippen LogP contribution is 2.28. The van der Waals surface area contributed by atoms with Crippen LogP contribution in [0.1, 0.15) is 21.9 Å². The van der Waals surface area contributed by atoms with E-state index in [0.717, 1.165) is 29.2 Å². The molecule has 1 aliphatic rings. The largest absolute Gasteiger partial charge is 0.481 e. The van der Waals surface area contributed by atoms with Gasteiger partial charge in [0.1, 0.15) is 0 Å². The van der Waals surface area contributed by atoms with Gasteiger partial charge in [0.2, 0.25) is 11.7 Å². The van der Waals surface area contributed by atoms with Gasteiger partial charge in [0, 0.05) is 11.3 Å². The molecule has 15 heavy (non-hydrogen) atoms. The molecule has 2 heterocycles. The number of ether oxygens (including phenoxy) is 1. The molecule has 0 aliphatic carbocycles. The van der Waals surface area contributed by atoms with Gasteiger partial charge in [-0.25, -0.2) is 9.78 Å². The van der Waals surface area contributed by atoms with Crippen molar-refractivity contribution in [2.24, 2.45) is 0 Å². The Morgan fingerprint density at radius 1 is 1.53 bits per heavy atom. The first-order valence-electron chi connectivity index (χ1n) is 4.47. The predicted octanol–water partition coefficient (Wildman–Crippen LogP) is 0.973. The highest BCUT2D eigenvalue weighted by atomic mass is 32.2. The van der Waals surface area contributed by atoms with Crippen molar-refractivity contribution in [3.05, 3.63) is 17.1 Å². The smallest absolute Gasteiger partial charge is 0.374 e. The number of aromatic carboxylic acids is 1. The molecular formula is C9H10N2O3S. The standard InChI is InChI=1S/C9H10N2O3S/c1-14-8-5-2-3-15-4-6(5)10-7(11-8)9(12)13/h2-4H2,1H3,(H,12,13). The summed E-state index contributed by atoms with van der Waals surface area (Å²) in [5, 5.41) is 8.82. The molecule has 0 amide bonds.